The average Bonchev–Trinajstić information content (AvgIpc) is 2.53. The zero-order chi connectivity index (χ0) is 15.5. The Hall–Kier alpha value is -1.95. The van der Waals surface area contributed by atoms with E-state index in [-0.39, 0.29) is 11.6 Å². The van der Waals surface area contributed by atoms with Crippen molar-refractivity contribution >= 4 is 39.7 Å². The summed E-state index contributed by atoms with van der Waals surface area (Å²) in [6, 6.07) is 20.4. The molecule has 0 aliphatic heterocycles. The maximum Gasteiger partial charge on any atom is 0.123 e. The first kappa shape index (κ1) is 15.0. The summed E-state index contributed by atoms with van der Waals surface area (Å²) >= 11 is 2.24. The summed E-state index contributed by atoms with van der Waals surface area (Å²) in [7, 11) is 0. The summed E-state index contributed by atoms with van der Waals surface area (Å²) in [5.74, 6) is -0.573. The number of halogens is 3. The minimum atomic E-state index is -0.287. The van der Waals surface area contributed by atoms with Gasteiger partial charge in [0.25, 0.3) is 0 Å². The Balaban J connectivity index is 2.10. The van der Waals surface area contributed by atoms with E-state index in [2.05, 4.69) is 22.6 Å². The molecular weight excluding hydrogens is 395 g/mol. The molecule has 110 valence electrons. The third-order valence-corrected chi connectivity index (χ3v) is 3.97. The van der Waals surface area contributed by atoms with Crippen molar-refractivity contribution < 1.29 is 8.78 Å². The van der Waals surface area contributed by atoms with E-state index in [0.29, 0.717) is 0 Å². The lowest BCUT2D eigenvalue weighted by Gasteiger charge is -2.25. The minimum Gasteiger partial charge on any atom is -0.310 e. The second kappa shape index (κ2) is 6.44. The molecule has 0 aromatic heterocycles. The number of benzene rings is 3. The lowest BCUT2D eigenvalue weighted by atomic mass is 10.2. The summed E-state index contributed by atoms with van der Waals surface area (Å²) in [6.45, 7) is 0. The van der Waals surface area contributed by atoms with Crippen molar-refractivity contribution in [1.29, 1.82) is 0 Å². The summed E-state index contributed by atoms with van der Waals surface area (Å²) in [5, 5.41) is 0. The van der Waals surface area contributed by atoms with Crippen LogP contribution < -0.4 is 4.90 Å². The molecule has 0 bridgehead atoms. The molecule has 0 N–H and O–H groups in total. The second-order valence-electron chi connectivity index (χ2n) is 4.76. The molecule has 0 spiro atoms. The standard InChI is InChI=1S/C18H12F2IN/c19-13-1-7-16(8-2-13)22(17-9-3-14(20)4-10-17)18-11-5-15(21)6-12-18/h1-12H. The van der Waals surface area contributed by atoms with Crippen molar-refractivity contribution in [3.63, 3.8) is 0 Å². The van der Waals surface area contributed by atoms with Crippen molar-refractivity contribution in [2.45, 2.75) is 0 Å². The molecule has 3 aromatic carbocycles. The predicted molar refractivity (Wildman–Crippen MR) is 93.8 cm³/mol. The first-order chi connectivity index (χ1) is 10.6. The molecule has 4 heteroatoms. The van der Waals surface area contributed by atoms with Gasteiger partial charge in [0.2, 0.25) is 0 Å². The highest BCUT2D eigenvalue weighted by Gasteiger charge is 2.12. The third kappa shape index (κ3) is 3.27. The Morgan fingerprint density at radius 1 is 0.545 bits per heavy atom. The molecule has 0 saturated heterocycles. The molecule has 1 nitrogen and oxygen atoms in total. The SMILES string of the molecule is Fc1ccc(N(c2ccc(F)cc2)c2ccc(I)cc2)cc1. The molecule has 0 aliphatic rings. The topological polar surface area (TPSA) is 3.24 Å². The first-order valence-corrected chi connectivity index (χ1v) is 7.78. The van der Waals surface area contributed by atoms with Crippen LogP contribution in [0.4, 0.5) is 25.8 Å². The highest BCUT2D eigenvalue weighted by Crippen LogP contribution is 2.34. The van der Waals surface area contributed by atoms with Crippen LogP contribution in [0.25, 0.3) is 0 Å². The average molecular weight is 407 g/mol. The Bertz CT molecular complexity index is 644. The lowest BCUT2D eigenvalue weighted by molar-refractivity contribution is 0.628. The van der Waals surface area contributed by atoms with Crippen LogP contribution in [0.5, 0.6) is 0 Å². The van der Waals surface area contributed by atoms with E-state index in [1.165, 1.54) is 24.3 Å². The van der Waals surface area contributed by atoms with Crippen molar-refractivity contribution in [3.05, 3.63) is 88.0 Å². The molecular formula is C18H12F2IN. The van der Waals surface area contributed by atoms with Gasteiger partial charge in [-0.1, -0.05) is 0 Å². The van der Waals surface area contributed by atoms with Crippen molar-refractivity contribution in [2.75, 3.05) is 4.90 Å². The van der Waals surface area contributed by atoms with E-state index < -0.39 is 0 Å². The maximum atomic E-state index is 13.2. The zero-order valence-corrected chi connectivity index (χ0v) is 13.7. The van der Waals surface area contributed by atoms with Crippen LogP contribution >= 0.6 is 22.6 Å². The van der Waals surface area contributed by atoms with E-state index in [9.17, 15) is 8.78 Å². The Labute approximate surface area is 141 Å². The smallest absolute Gasteiger partial charge is 0.123 e. The summed E-state index contributed by atoms with van der Waals surface area (Å²) in [4.78, 5) is 1.95. The largest absolute Gasteiger partial charge is 0.310 e. The van der Waals surface area contributed by atoms with Gasteiger partial charge in [-0.2, -0.15) is 0 Å². The van der Waals surface area contributed by atoms with Crippen LogP contribution in [0.15, 0.2) is 72.8 Å². The maximum absolute atomic E-state index is 13.2. The zero-order valence-electron chi connectivity index (χ0n) is 11.5. The van der Waals surface area contributed by atoms with Crippen LogP contribution in [0.1, 0.15) is 0 Å². The number of hydrogen-bond acceptors (Lipinski definition) is 1. The highest BCUT2D eigenvalue weighted by atomic mass is 127. The molecule has 0 fully saturated rings. The Kier molecular flexibility index (Phi) is 4.38. The Morgan fingerprint density at radius 2 is 0.864 bits per heavy atom. The van der Waals surface area contributed by atoms with Gasteiger partial charge in [0, 0.05) is 20.6 Å². The fourth-order valence-corrected chi connectivity index (χ4v) is 2.58. The van der Waals surface area contributed by atoms with Gasteiger partial charge in [-0.05, 0) is 95.4 Å². The number of hydrogen-bond donors (Lipinski definition) is 0. The summed E-state index contributed by atoms with van der Waals surface area (Å²) in [6.07, 6.45) is 0. The van der Waals surface area contributed by atoms with Gasteiger partial charge in [0.1, 0.15) is 11.6 Å². The molecule has 0 heterocycles. The number of rotatable bonds is 3. The molecule has 0 unspecified atom stereocenters. The lowest BCUT2D eigenvalue weighted by Crippen LogP contribution is -2.09. The van der Waals surface area contributed by atoms with Gasteiger partial charge in [0.15, 0.2) is 0 Å². The molecule has 3 aromatic rings. The van der Waals surface area contributed by atoms with Gasteiger partial charge in [-0.25, -0.2) is 8.78 Å². The normalized spacial score (nSPS) is 10.5. The van der Waals surface area contributed by atoms with Crippen LogP contribution in [0.2, 0.25) is 0 Å². The molecule has 0 aliphatic carbocycles. The summed E-state index contributed by atoms with van der Waals surface area (Å²) in [5.41, 5.74) is 2.56. The number of nitrogens with zero attached hydrogens (tertiary/aromatic N) is 1. The van der Waals surface area contributed by atoms with Crippen molar-refractivity contribution in [3.8, 4) is 0 Å². The molecule has 0 saturated carbocycles. The van der Waals surface area contributed by atoms with E-state index in [1.54, 1.807) is 24.3 Å². The fraction of sp³-hybridized carbons (Fsp3) is 0. The van der Waals surface area contributed by atoms with Crippen molar-refractivity contribution in [2.24, 2.45) is 0 Å². The van der Waals surface area contributed by atoms with Gasteiger partial charge in [0.05, 0.1) is 0 Å². The van der Waals surface area contributed by atoms with E-state index >= 15 is 0 Å². The van der Waals surface area contributed by atoms with E-state index in [1.807, 2.05) is 29.2 Å². The van der Waals surface area contributed by atoms with Gasteiger partial charge in [-0.15, -0.1) is 0 Å². The predicted octanol–water partition coefficient (Wildman–Crippen LogP) is 6.04. The van der Waals surface area contributed by atoms with Gasteiger partial charge >= 0.3 is 0 Å². The monoisotopic (exact) mass is 407 g/mol. The van der Waals surface area contributed by atoms with Crippen LogP contribution in [0.3, 0.4) is 0 Å². The minimum absolute atomic E-state index is 0.287. The summed E-state index contributed by atoms with van der Waals surface area (Å²) < 4.78 is 27.5. The Morgan fingerprint density at radius 3 is 1.23 bits per heavy atom. The highest BCUT2D eigenvalue weighted by molar-refractivity contribution is 14.1. The van der Waals surface area contributed by atoms with Crippen LogP contribution in [-0.2, 0) is 0 Å². The van der Waals surface area contributed by atoms with Crippen LogP contribution in [-0.4, -0.2) is 0 Å². The first-order valence-electron chi connectivity index (χ1n) is 6.70. The quantitative estimate of drug-likeness (QED) is 0.479. The third-order valence-electron chi connectivity index (χ3n) is 3.25. The molecule has 22 heavy (non-hydrogen) atoms. The van der Waals surface area contributed by atoms with Gasteiger partial charge < -0.3 is 4.90 Å². The second-order valence-corrected chi connectivity index (χ2v) is 6.01. The molecule has 0 atom stereocenters. The fourth-order valence-electron chi connectivity index (χ4n) is 2.22. The molecule has 3 rings (SSSR count). The van der Waals surface area contributed by atoms with Crippen molar-refractivity contribution in [1.82, 2.24) is 0 Å². The molecule has 0 amide bonds. The molecule has 0 radical (unpaired) electrons. The number of anilines is 3. The van der Waals surface area contributed by atoms with Crippen LogP contribution in [0, 0.1) is 15.2 Å². The van der Waals surface area contributed by atoms with Gasteiger partial charge in [-0.3, -0.25) is 0 Å². The van der Waals surface area contributed by atoms with E-state index in [4.69, 9.17) is 0 Å². The van der Waals surface area contributed by atoms with E-state index in [0.717, 1.165) is 20.6 Å².